The third-order valence-corrected chi connectivity index (χ3v) is 3.70. The first-order valence-corrected chi connectivity index (χ1v) is 7.41. The fourth-order valence-electron chi connectivity index (χ4n) is 2.57. The summed E-state index contributed by atoms with van der Waals surface area (Å²) < 4.78 is 19.6. The Kier molecular flexibility index (Phi) is 4.31. The van der Waals surface area contributed by atoms with Gasteiger partial charge in [0.05, 0.1) is 23.0 Å². The molecule has 0 aliphatic carbocycles. The molecule has 0 bridgehead atoms. The molecule has 1 amide bonds. The lowest BCUT2D eigenvalue weighted by Crippen LogP contribution is -2.18. The quantitative estimate of drug-likeness (QED) is 0.763. The number of nitriles is 1. The van der Waals surface area contributed by atoms with Crippen LogP contribution in [0, 0.1) is 24.1 Å². The minimum atomic E-state index is -0.596. The molecular weight excluding hydrogens is 325 g/mol. The summed E-state index contributed by atoms with van der Waals surface area (Å²) in [6.07, 6.45) is 0.916. The van der Waals surface area contributed by atoms with Gasteiger partial charge in [0, 0.05) is 12.6 Å². The van der Waals surface area contributed by atoms with E-state index >= 15 is 0 Å². The number of pyridine rings is 1. The Balaban J connectivity index is 2.06. The second kappa shape index (κ2) is 6.57. The minimum Gasteiger partial charge on any atom is -0.445 e. The highest BCUT2D eigenvalue weighted by atomic mass is 19.1. The van der Waals surface area contributed by atoms with Crippen molar-refractivity contribution in [1.82, 2.24) is 20.5 Å². The maximum absolute atomic E-state index is 14.7. The molecule has 0 fully saturated rings. The Morgan fingerprint density at radius 2 is 2.24 bits per heavy atom. The number of fused-ring (bicyclic) bond motifs is 1. The lowest BCUT2D eigenvalue weighted by Gasteiger charge is -2.12. The first-order chi connectivity index (χ1) is 12.0. The number of carbonyl (C=O) groups excluding carboxylic acids is 1. The summed E-state index contributed by atoms with van der Waals surface area (Å²) in [6.45, 7) is 1.65. The number of rotatable bonds is 3. The van der Waals surface area contributed by atoms with Crippen molar-refractivity contribution >= 4 is 17.1 Å². The largest absolute Gasteiger partial charge is 0.445 e. The van der Waals surface area contributed by atoms with Crippen LogP contribution in [0.4, 0.5) is 9.18 Å². The molecule has 0 spiro atoms. The average Bonchev–Trinajstić information content (AvgIpc) is 3.05. The maximum atomic E-state index is 14.7. The van der Waals surface area contributed by atoms with E-state index < -0.39 is 11.9 Å². The van der Waals surface area contributed by atoms with Crippen molar-refractivity contribution in [3.63, 3.8) is 0 Å². The lowest BCUT2D eigenvalue weighted by molar-refractivity contribution is 0.142. The normalized spacial score (nSPS) is 10.5. The van der Waals surface area contributed by atoms with Gasteiger partial charge in [0.15, 0.2) is 0 Å². The summed E-state index contributed by atoms with van der Waals surface area (Å²) in [5, 5.41) is 18.3. The van der Waals surface area contributed by atoms with Gasteiger partial charge in [-0.25, -0.2) is 14.2 Å². The number of halogens is 1. The zero-order chi connectivity index (χ0) is 18.0. The molecule has 2 N–H and O–H groups in total. The van der Waals surface area contributed by atoms with Gasteiger partial charge in [-0.15, -0.1) is 0 Å². The Labute approximate surface area is 142 Å². The zero-order valence-corrected chi connectivity index (χ0v) is 13.6. The third kappa shape index (κ3) is 3.12. The second-order valence-electron chi connectivity index (χ2n) is 5.39. The van der Waals surface area contributed by atoms with E-state index in [0.717, 1.165) is 0 Å². The molecule has 25 heavy (non-hydrogen) atoms. The SMILES string of the molecule is CNC(=O)OCc1cc(C)c(-c2nc3cn[nH]c3cc2C#N)c(F)c1. The molecular formula is C17H14FN5O2. The van der Waals surface area contributed by atoms with Gasteiger partial charge in [0.1, 0.15) is 24.0 Å². The minimum absolute atomic E-state index is 0.0585. The van der Waals surface area contributed by atoms with Crippen molar-refractivity contribution in [1.29, 1.82) is 5.26 Å². The Bertz CT molecular complexity index is 983. The molecule has 2 heterocycles. The fraction of sp³-hybridized carbons (Fsp3) is 0.176. The standard InChI is InChI=1S/C17H14FN5O2/c1-9-3-10(8-25-17(24)20-2)4-12(18)15(9)16-11(6-19)5-13-14(22-16)7-21-23-13/h3-5,7H,8H2,1-2H3,(H,20,24)(H,21,23). The van der Waals surface area contributed by atoms with Crippen LogP contribution < -0.4 is 5.32 Å². The van der Waals surface area contributed by atoms with Crippen LogP contribution in [0.2, 0.25) is 0 Å². The van der Waals surface area contributed by atoms with E-state index in [1.54, 1.807) is 19.1 Å². The van der Waals surface area contributed by atoms with Crippen LogP contribution in [-0.4, -0.2) is 28.3 Å². The molecule has 0 saturated carbocycles. The van der Waals surface area contributed by atoms with Gasteiger partial charge in [-0.05, 0) is 30.2 Å². The third-order valence-electron chi connectivity index (χ3n) is 3.70. The van der Waals surface area contributed by atoms with Crippen LogP contribution in [0.15, 0.2) is 24.4 Å². The van der Waals surface area contributed by atoms with Gasteiger partial charge >= 0.3 is 6.09 Å². The van der Waals surface area contributed by atoms with Crippen LogP contribution in [-0.2, 0) is 11.3 Å². The maximum Gasteiger partial charge on any atom is 0.407 e. The lowest BCUT2D eigenvalue weighted by atomic mass is 9.98. The number of aromatic nitrogens is 3. The molecule has 0 unspecified atom stereocenters. The monoisotopic (exact) mass is 339 g/mol. The van der Waals surface area contributed by atoms with Crippen LogP contribution in [0.3, 0.4) is 0 Å². The Morgan fingerprint density at radius 3 is 2.92 bits per heavy atom. The van der Waals surface area contributed by atoms with Crippen molar-refractivity contribution in [3.8, 4) is 17.3 Å². The van der Waals surface area contributed by atoms with Crippen LogP contribution in [0.1, 0.15) is 16.7 Å². The molecule has 126 valence electrons. The molecule has 1 aromatic carbocycles. The molecule has 0 saturated heterocycles. The smallest absolute Gasteiger partial charge is 0.407 e. The number of H-pyrrole nitrogens is 1. The van der Waals surface area contributed by atoms with Gasteiger partial charge in [-0.1, -0.05) is 6.07 Å². The second-order valence-corrected chi connectivity index (χ2v) is 5.39. The van der Waals surface area contributed by atoms with Crippen LogP contribution >= 0.6 is 0 Å². The molecule has 3 aromatic rings. The Hall–Kier alpha value is -3.47. The fourth-order valence-corrected chi connectivity index (χ4v) is 2.57. The summed E-state index contributed by atoms with van der Waals surface area (Å²) >= 11 is 0. The van der Waals surface area contributed by atoms with Crippen molar-refractivity contribution in [3.05, 3.63) is 46.9 Å². The molecule has 3 rings (SSSR count). The van der Waals surface area contributed by atoms with E-state index in [0.29, 0.717) is 22.2 Å². The highest BCUT2D eigenvalue weighted by molar-refractivity contribution is 5.82. The van der Waals surface area contributed by atoms with E-state index in [1.165, 1.54) is 19.3 Å². The predicted molar refractivity (Wildman–Crippen MR) is 88.0 cm³/mol. The summed E-state index contributed by atoms with van der Waals surface area (Å²) in [5.74, 6) is -0.539. The number of hydrogen-bond donors (Lipinski definition) is 2. The molecule has 0 atom stereocenters. The summed E-state index contributed by atoms with van der Waals surface area (Å²) in [7, 11) is 1.44. The van der Waals surface area contributed by atoms with E-state index in [2.05, 4.69) is 20.5 Å². The van der Waals surface area contributed by atoms with Crippen molar-refractivity contribution < 1.29 is 13.9 Å². The molecule has 0 aliphatic heterocycles. The first-order valence-electron chi connectivity index (χ1n) is 7.41. The molecule has 0 aliphatic rings. The number of nitrogens with zero attached hydrogens (tertiary/aromatic N) is 3. The number of carbonyl (C=O) groups is 1. The highest BCUT2D eigenvalue weighted by Gasteiger charge is 2.17. The Morgan fingerprint density at radius 1 is 1.44 bits per heavy atom. The van der Waals surface area contributed by atoms with Gasteiger partial charge in [-0.3, -0.25) is 5.10 Å². The first kappa shape index (κ1) is 16.4. The number of ether oxygens (including phenoxy) is 1. The number of amides is 1. The molecule has 2 aromatic heterocycles. The number of nitrogens with one attached hydrogen (secondary N) is 2. The van der Waals surface area contributed by atoms with Gasteiger partial charge in [0.25, 0.3) is 0 Å². The molecule has 8 heteroatoms. The predicted octanol–water partition coefficient (Wildman–Crippen LogP) is 2.80. The number of hydrogen-bond acceptors (Lipinski definition) is 5. The van der Waals surface area contributed by atoms with Crippen molar-refractivity contribution in [2.75, 3.05) is 7.05 Å². The summed E-state index contributed by atoms with van der Waals surface area (Å²) in [4.78, 5) is 15.5. The van der Waals surface area contributed by atoms with Crippen LogP contribution in [0.5, 0.6) is 0 Å². The van der Waals surface area contributed by atoms with E-state index in [9.17, 15) is 14.4 Å². The number of benzene rings is 1. The van der Waals surface area contributed by atoms with Gasteiger partial charge < -0.3 is 10.1 Å². The van der Waals surface area contributed by atoms with Gasteiger partial charge in [-0.2, -0.15) is 10.4 Å². The van der Waals surface area contributed by atoms with E-state index in [1.807, 2.05) is 6.07 Å². The number of alkyl carbamates (subject to hydrolysis) is 1. The topological polar surface area (TPSA) is 104 Å². The number of aromatic amines is 1. The van der Waals surface area contributed by atoms with E-state index in [-0.39, 0.29) is 23.4 Å². The van der Waals surface area contributed by atoms with Gasteiger partial charge in [0.2, 0.25) is 0 Å². The highest BCUT2D eigenvalue weighted by Crippen LogP contribution is 2.30. The molecule has 7 nitrogen and oxygen atoms in total. The number of aryl methyl sites for hydroxylation is 1. The molecule has 0 radical (unpaired) electrons. The van der Waals surface area contributed by atoms with Crippen molar-refractivity contribution in [2.45, 2.75) is 13.5 Å². The zero-order valence-electron chi connectivity index (χ0n) is 13.6. The van der Waals surface area contributed by atoms with Crippen molar-refractivity contribution in [2.24, 2.45) is 0 Å². The average molecular weight is 339 g/mol. The summed E-state index contributed by atoms with van der Waals surface area (Å²) in [5.41, 5.74) is 2.98. The van der Waals surface area contributed by atoms with E-state index in [4.69, 9.17) is 4.74 Å². The summed E-state index contributed by atoms with van der Waals surface area (Å²) in [6, 6.07) is 6.60. The van der Waals surface area contributed by atoms with Crippen LogP contribution in [0.25, 0.3) is 22.3 Å².